The topological polar surface area (TPSA) is 118 Å². The third-order valence-electron chi connectivity index (χ3n) is 6.17. The van der Waals surface area contributed by atoms with Crippen molar-refractivity contribution in [2.24, 2.45) is 0 Å². The lowest BCUT2D eigenvalue weighted by molar-refractivity contribution is 0.0541. The summed E-state index contributed by atoms with van der Waals surface area (Å²) in [5, 5.41) is 9.61. The lowest BCUT2D eigenvalue weighted by atomic mass is 9.80. The van der Waals surface area contributed by atoms with Crippen molar-refractivity contribution in [3.05, 3.63) is 52.6 Å². The van der Waals surface area contributed by atoms with Gasteiger partial charge in [-0.15, -0.1) is 0 Å². The number of ether oxygens (including phenoxy) is 4. The van der Waals surface area contributed by atoms with E-state index >= 15 is 0 Å². The number of rotatable bonds is 5. The van der Waals surface area contributed by atoms with E-state index in [-0.39, 0.29) is 25.6 Å². The largest absolute Gasteiger partial charge is 0.496 e. The van der Waals surface area contributed by atoms with Crippen LogP contribution >= 0.6 is 0 Å². The van der Waals surface area contributed by atoms with Gasteiger partial charge in [-0.05, 0) is 43.3 Å². The number of methoxy groups -OCH3 is 1. The number of aliphatic hydroxyl groups excluding tert-OH is 1. The Bertz CT molecular complexity index is 1310. The average molecular weight is 489 g/mol. The second-order valence-electron chi connectivity index (χ2n) is 8.74. The first kappa shape index (κ1) is 22.7. The van der Waals surface area contributed by atoms with Gasteiger partial charge in [-0.2, -0.15) is 8.42 Å². The molecular formula is C24H24O9S. The Morgan fingerprint density at radius 3 is 2.74 bits per heavy atom. The van der Waals surface area contributed by atoms with Crippen LogP contribution in [0.3, 0.4) is 0 Å². The fourth-order valence-corrected chi connectivity index (χ4v) is 4.94. The summed E-state index contributed by atoms with van der Waals surface area (Å²) in [4.78, 5) is 13.6. The summed E-state index contributed by atoms with van der Waals surface area (Å²) in [7, 11) is -2.12. The first-order valence-corrected chi connectivity index (χ1v) is 12.5. The molecule has 0 saturated carbocycles. The van der Waals surface area contributed by atoms with Crippen molar-refractivity contribution in [3.8, 4) is 23.0 Å². The summed E-state index contributed by atoms with van der Waals surface area (Å²) in [6.07, 6.45) is 3.87. The van der Waals surface area contributed by atoms with E-state index in [0.717, 1.165) is 6.26 Å². The molecule has 1 N–H and O–H groups in total. The zero-order valence-electron chi connectivity index (χ0n) is 18.9. The molecule has 1 unspecified atom stereocenters. The van der Waals surface area contributed by atoms with Crippen molar-refractivity contribution in [1.29, 1.82) is 0 Å². The van der Waals surface area contributed by atoms with Crippen LogP contribution in [-0.4, -0.2) is 57.6 Å². The van der Waals surface area contributed by atoms with Crippen LogP contribution in [0, 0.1) is 0 Å². The van der Waals surface area contributed by atoms with Crippen molar-refractivity contribution < 1.29 is 41.4 Å². The Morgan fingerprint density at radius 1 is 1.24 bits per heavy atom. The van der Waals surface area contributed by atoms with Crippen LogP contribution in [0.5, 0.6) is 23.0 Å². The normalized spacial score (nSPS) is 24.5. The molecule has 0 aliphatic carbocycles. The Kier molecular flexibility index (Phi) is 5.34. The van der Waals surface area contributed by atoms with E-state index in [4.69, 9.17) is 23.1 Å². The van der Waals surface area contributed by atoms with Gasteiger partial charge in [0.1, 0.15) is 47.9 Å². The van der Waals surface area contributed by atoms with Gasteiger partial charge >= 0.3 is 0 Å². The lowest BCUT2D eigenvalue weighted by Crippen LogP contribution is -2.43. The molecule has 0 spiro atoms. The highest BCUT2D eigenvalue weighted by Crippen LogP contribution is 2.48. The Morgan fingerprint density at radius 2 is 2.03 bits per heavy atom. The number of benzene rings is 2. The molecule has 0 fully saturated rings. The molecule has 0 amide bonds. The molecule has 3 aliphatic heterocycles. The Hall–Kier alpha value is -3.08. The Balaban J connectivity index is 1.50. The summed E-state index contributed by atoms with van der Waals surface area (Å²) in [5.74, 6) is 1.16. The van der Waals surface area contributed by atoms with Gasteiger partial charge in [0.2, 0.25) is 0 Å². The van der Waals surface area contributed by atoms with E-state index in [9.17, 15) is 18.3 Å². The van der Waals surface area contributed by atoms with E-state index in [1.807, 2.05) is 0 Å². The van der Waals surface area contributed by atoms with Crippen molar-refractivity contribution in [3.63, 3.8) is 0 Å². The van der Waals surface area contributed by atoms with Gasteiger partial charge in [-0.3, -0.25) is 8.98 Å². The van der Waals surface area contributed by atoms with Gasteiger partial charge < -0.3 is 24.1 Å². The zero-order chi connectivity index (χ0) is 24.3. The number of carbonyl (C=O) groups excluding carboxylic acids is 1. The van der Waals surface area contributed by atoms with Gasteiger partial charge in [0.05, 0.1) is 37.0 Å². The number of fused-ring (bicyclic) bond motifs is 6. The monoisotopic (exact) mass is 488 g/mol. The van der Waals surface area contributed by atoms with Crippen LogP contribution in [-0.2, 0) is 20.9 Å². The van der Waals surface area contributed by atoms with Crippen LogP contribution < -0.4 is 18.9 Å². The number of Topliss-reactive ketones (excluding diaryl/α,β-unsaturated/α-hetero) is 1. The summed E-state index contributed by atoms with van der Waals surface area (Å²) in [6.45, 7) is 1.46. The second kappa shape index (κ2) is 8.00. The number of carbonyl (C=O) groups is 1. The minimum atomic E-state index is -3.63. The summed E-state index contributed by atoms with van der Waals surface area (Å²) in [6, 6.07) is 6.74. The number of hydrogen-bond acceptors (Lipinski definition) is 9. The molecule has 3 aliphatic rings. The van der Waals surface area contributed by atoms with Crippen LogP contribution in [0.15, 0.2) is 30.3 Å². The van der Waals surface area contributed by atoms with Crippen molar-refractivity contribution >= 4 is 22.0 Å². The van der Waals surface area contributed by atoms with Crippen molar-refractivity contribution in [2.75, 3.05) is 26.6 Å². The third-order valence-corrected chi connectivity index (χ3v) is 6.72. The maximum atomic E-state index is 13.6. The predicted molar refractivity (Wildman–Crippen MR) is 121 cm³/mol. The molecule has 3 atom stereocenters. The maximum absolute atomic E-state index is 13.6. The molecule has 9 nitrogen and oxygen atoms in total. The quantitative estimate of drug-likeness (QED) is 0.633. The first-order chi connectivity index (χ1) is 16.1. The molecule has 0 radical (unpaired) electrons. The molecule has 0 aromatic heterocycles. The fraction of sp³-hybridized carbons (Fsp3) is 0.375. The number of aliphatic hydroxyl groups is 1. The molecule has 34 heavy (non-hydrogen) atoms. The smallest absolute Gasteiger partial charge is 0.264 e. The average Bonchev–Trinajstić information content (AvgIpc) is 2.81. The van der Waals surface area contributed by atoms with Gasteiger partial charge in [-0.1, -0.05) is 0 Å². The van der Waals surface area contributed by atoms with E-state index in [1.165, 1.54) is 7.11 Å². The predicted octanol–water partition coefficient (Wildman–Crippen LogP) is 2.45. The number of ketones is 1. The SMILES string of the molecule is COc1cc2c(cc1CO)OC[C@H]1Oc3c(ccc4c3C=CC(C)(COS(C)(=O)=O)O4)C(=O)[C@@H]21. The standard InChI is InChI=1S/C24H24O9S/c1-24(12-31-34(3,27)28)7-6-14-17(33-24)5-4-15-22(26)21-16-9-18(29-2)13(10-25)8-19(16)30-11-20(21)32-23(14)15/h4-9,20-21,25H,10-12H2,1-3H3/t20-,21+,24?/m1/s1. The molecule has 2 aromatic carbocycles. The van der Waals surface area contributed by atoms with Gasteiger partial charge in [0.15, 0.2) is 5.78 Å². The fourth-order valence-electron chi connectivity index (χ4n) is 4.49. The third kappa shape index (κ3) is 3.81. The molecule has 0 saturated heterocycles. The van der Waals surface area contributed by atoms with Gasteiger partial charge in [0, 0.05) is 11.1 Å². The molecular weight excluding hydrogens is 464 g/mol. The molecule has 180 valence electrons. The van der Waals surface area contributed by atoms with Crippen molar-refractivity contribution in [2.45, 2.75) is 31.2 Å². The molecule has 5 rings (SSSR count). The summed E-state index contributed by atoms with van der Waals surface area (Å²) < 4.78 is 51.3. The summed E-state index contributed by atoms with van der Waals surface area (Å²) in [5.41, 5.74) is 1.24. The first-order valence-electron chi connectivity index (χ1n) is 10.7. The van der Waals surface area contributed by atoms with E-state index < -0.39 is 27.7 Å². The molecule has 0 bridgehead atoms. The van der Waals surface area contributed by atoms with E-state index in [0.29, 0.717) is 45.3 Å². The van der Waals surface area contributed by atoms with Crippen molar-refractivity contribution in [1.82, 2.24) is 0 Å². The van der Waals surface area contributed by atoms with Crippen LogP contribution in [0.25, 0.3) is 6.08 Å². The Labute approximate surface area is 197 Å². The van der Waals surface area contributed by atoms with Crippen LogP contribution in [0.2, 0.25) is 0 Å². The highest BCUT2D eigenvalue weighted by atomic mass is 32.2. The highest BCUT2D eigenvalue weighted by molar-refractivity contribution is 7.85. The molecule has 10 heteroatoms. The lowest BCUT2D eigenvalue weighted by Gasteiger charge is -2.39. The minimum Gasteiger partial charge on any atom is -0.496 e. The summed E-state index contributed by atoms with van der Waals surface area (Å²) >= 11 is 0. The van der Waals surface area contributed by atoms with Gasteiger partial charge in [-0.25, -0.2) is 0 Å². The maximum Gasteiger partial charge on any atom is 0.264 e. The second-order valence-corrected chi connectivity index (χ2v) is 10.4. The molecule has 2 aromatic rings. The molecule has 3 heterocycles. The van der Waals surface area contributed by atoms with Crippen LogP contribution in [0.1, 0.15) is 39.9 Å². The zero-order valence-corrected chi connectivity index (χ0v) is 19.7. The number of hydrogen-bond donors (Lipinski definition) is 1. The minimum absolute atomic E-state index is 0.112. The van der Waals surface area contributed by atoms with Gasteiger partial charge in [0.25, 0.3) is 10.1 Å². The van der Waals surface area contributed by atoms with Crippen LogP contribution in [0.4, 0.5) is 0 Å². The highest BCUT2D eigenvalue weighted by Gasteiger charge is 2.45. The van der Waals surface area contributed by atoms with E-state index in [2.05, 4.69) is 0 Å². The van der Waals surface area contributed by atoms with E-state index in [1.54, 1.807) is 43.3 Å².